The van der Waals surface area contributed by atoms with E-state index in [2.05, 4.69) is 25.2 Å². The van der Waals surface area contributed by atoms with E-state index in [1.807, 2.05) is 31.3 Å². The molecule has 0 saturated carbocycles. The molecule has 1 atom stereocenters. The summed E-state index contributed by atoms with van der Waals surface area (Å²) in [6.07, 6.45) is 4.56. The largest absolute Gasteiger partial charge is 0.366 e. The quantitative estimate of drug-likeness (QED) is 0.880. The molecule has 2 aromatic heterocycles. The zero-order valence-electron chi connectivity index (χ0n) is 12.0. The van der Waals surface area contributed by atoms with Gasteiger partial charge in [0.05, 0.1) is 0 Å². The number of hydrogen-bond donors (Lipinski definition) is 1. The average Bonchev–Trinajstić information content (AvgIpc) is 2.89. The molecule has 0 radical (unpaired) electrons. The van der Waals surface area contributed by atoms with E-state index >= 15 is 0 Å². The van der Waals surface area contributed by atoms with Gasteiger partial charge in [0.2, 0.25) is 0 Å². The molecule has 0 spiro atoms. The molecule has 1 aliphatic rings. The van der Waals surface area contributed by atoms with Crippen LogP contribution in [0, 0.1) is 6.92 Å². The van der Waals surface area contributed by atoms with Gasteiger partial charge in [-0.05, 0) is 25.0 Å². The minimum Gasteiger partial charge on any atom is -0.366 e. The van der Waals surface area contributed by atoms with Crippen LogP contribution in [-0.4, -0.2) is 39.0 Å². The van der Waals surface area contributed by atoms with Crippen molar-refractivity contribution < 1.29 is 0 Å². The van der Waals surface area contributed by atoms with E-state index in [9.17, 15) is 0 Å². The van der Waals surface area contributed by atoms with E-state index in [1.54, 1.807) is 6.33 Å². The highest BCUT2D eigenvalue weighted by Gasteiger charge is 2.22. The first-order valence-corrected chi connectivity index (χ1v) is 7.45. The van der Waals surface area contributed by atoms with E-state index in [0.717, 1.165) is 37.6 Å². The number of anilines is 1. The van der Waals surface area contributed by atoms with Crippen LogP contribution >= 0.6 is 11.6 Å². The number of hydrogen-bond acceptors (Lipinski definition) is 5. The number of aromatic nitrogens is 3. The number of rotatable bonds is 4. The van der Waals surface area contributed by atoms with Crippen molar-refractivity contribution >= 4 is 17.4 Å². The van der Waals surface area contributed by atoms with Crippen LogP contribution in [0.3, 0.4) is 0 Å². The number of nitrogens with zero attached hydrogens (tertiary/aromatic N) is 4. The van der Waals surface area contributed by atoms with Gasteiger partial charge in [0.25, 0.3) is 0 Å². The predicted octanol–water partition coefficient (Wildman–Crippen LogP) is 2.52. The number of pyridine rings is 1. The maximum Gasteiger partial charge on any atom is 0.129 e. The summed E-state index contributed by atoms with van der Waals surface area (Å²) in [5, 5.41) is 4.02. The molecule has 1 aliphatic heterocycles. The monoisotopic (exact) mass is 303 g/mol. The van der Waals surface area contributed by atoms with Crippen molar-refractivity contribution in [1.82, 2.24) is 19.9 Å². The molecule has 1 N–H and O–H groups in total. The molecule has 2 aromatic rings. The fourth-order valence-electron chi connectivity index (χ4n) is 2.59. The van der Waals surface area contributed by atoms with Crippen molar-refractivity contribution in [2.45, 2.75) is 25.9 Å². The Bertz CT molecular complexity index is 601. The SMILES string of the molecule is Cc1cc(NC2CCN(Cc3ccc(Cl)nc3)C2)ncn1. The molecule has 110 valence electrons. The molecule has 0 aromatic carbocycles. The third-order valence-electron chi connectivity index (χ3n) is 3.62. The maximum absolute atomic E-state index is 5.81. The Balaban J connectivity index is 1.54. The molecule has 1 unspecified atom stereocenters. The topological polar surface area (TPSA) is 53.9 Å². The zero-order chi connectivity index (χ0) is 14.7. The van der Waals surface area contributed by atoms with Gasteiger partial charge in [0.1, 0.15) is 17.3 Å². The highest BCUT2D eigenvalue weighted by atomic mass is 35.5. The van der Waals surface area contributed by atoms with Gasteiger partial charge < -0.3 is 5.32 Å². The number of aryl methyl sites for hydroxylation is 1. The summed E-state index contributed by atoms with van der Waals surface area (Å²) in [5.74, 6) is 0.905. The van der Waals surface area contributed by atoms with Crippen LogP contribution in [0.25, 0.3) is 0 Å². The smallest absolute Gasteiger partial charge is 0.129 e. The normalized spacial score (nSPS) is 18.9. The summed E-state index contributed by atoms with van der Waals surface area (Å²) < 4.78 is 0. The summed E-state index contributed by atoms with van der Waals surface area (Å²) in [6, 6.07) is 6.28. The van der Waals surface area contributed by atoms with Crippen LogP contribution in [-0.2, 0) is 6.54 Å². The van der Waals surface area contributed by atoms with Crippen LogP contribution in [0.5, 0.6) is 0 Å². The summed E-state index contributed by atoms with van der Waals surface area (Å²) >= 11 is 5.81. The Labute approximate surface area is 129 Å². The van der Waals surface area contributed by atoms with E-state index < -0.39 is 0 Å². The molecular formula is C15H18ClN5. The Hall–Kier alpha value is -1.72. The van der Waals surface area contributed by atoms with Gasteiger partial charge in [-0.15, -0.1) is 0 Å². The van der Waals surface area contributed by atoms with Gasteiger partial charge in [0.15, 0.2) is 0 Å². The summed E-state index contributed by atoms with van der Waals surface area (Å²) in [4.78, 5) is 14.9. The zero-order valence-corrected chi connectivity index (χ0v) is 12.7. The molecule has 21 heavy (non-hydrogen) atoms. The first kappa shape index (κ1) is 14.2. The number of nitrogens with one attached hydrogen (secondary N) is 1. The maximum atomic E-state index is 5.81. The van der Waals surface area contributed by atoms with Crippen LogP contribution < -0.4 is 5.32 Å². The van der Waals surface area contributed by atoms with Gasteiger partial charge in [-0.2, -0.15) is 0 Å². The third kappa shape index (κ3) is 3.89. The molecule has 0 aliphatic carbocycles. The van der Waals surface area contributed by atoms with Crippen molar-refractivity contribution in [2.75, 3.05) is 18.4 Å². The Morgan fingerprint density at radius 2 is 2.24 bits per heavy atom. The van der Waals surface area contributed by atoms with Crippen molar-refractivity contribution in [3.8, 4) is 0 Å². The molecule has 0 bridgehead atoms. The lowest BCUT2D eigenvalue weighted by molar-refractivity contribution is 0.328. The van der Waals surface area contributed by atoms with Crippen LogP contribution in [0.2, 0.25) is 5.15 Å². The van der Waals surface area contributed by atoms with Gasteiger partial charge in [-0.25, -0.2) is 15.0 Å². The fraction of sp³-hybridized carbons (Fsp3) is 0.400. The summed E-state index contributed by atoms with van der Waals surface area (Å²) in [6.45, 7) is 4.96. The van der Waals surface area contributed by atoms with Crippen LogP contribution in [0.15, 0.2) is 30.7 Å². The van der Waals surface area contributed by atoms with Crippen LogP contribution in [0.4, 0.5) is 5.82 Å². The van der Waals surface area contributed by atoms with Crippen molar-refractivity contribution in [3.63, 3.8) is 0 Å². The van der Waals surface area contributed by atoms with Crippen molar-refractivity contribution in [1.29, 1.82) is 0 Å². The molecule has 0 amide bonds. The van der Waals surface area contributed by atoms with Crippen molar-refractivity contribution in [3.05, 3.63) is 47.1 Å². The van der Waals surface area contributed by atoms with E-state index in [1.165, 1.54) is 5.56 Å². The van der Waals surface area contributed by atoms with Gasteiger partial charge in [0, 0.05) is 43.6 Å². The predicted molar refractivity (Wildman–Crippen MR) is 83.3 cm³/mol. The second-order valence-electron chi connectivity index (χ2n) is 5.40. The molecule has 5 nitrogen and oxygen atoms in total. The minimum atomic E-state index is 0.430. The highest BCUT2D eigenvalue weighted by molar-refractivity contribution is 6.29. The fourth-order valence-corrected chi connectivity index (χ4v) is 2.71. The number of likely N-dealkylation sites (tertiary alicyclic amines) is 1. The lowest BCUT2D eigenvalue weighted by atomic mass is 10.2. The minimum absolute atomic E-state index is 0.430. The number of halogens is 1. The second kappa shape index (κ2) is 6.37. The average molecular weight is 304 g/mol. The summed E-state index contributed by atoms with van der Waals surface area (Å²) in [7, 11) is 0. The molecule has 1 fully saturated rings. The van der Waals surface area contributed by atoms with Gasteiger partial charge >= 0.3 is 0 Å². The van der Waals surface area contributed by atoms with Gasteiger partial charge in [-0.1, -0.05) is 17.7 Å². The molecular weight excluding hydrogens is 286 g/mol. The molecule has 3 heterocycles. The Morgan fingerprint density at radius 3 is 3.00 bits per heavy atom. The molecule has 3 rings (SSSR count). The van der Waals surface area contributed by atoms with Gasteiger partial charge in [-0.3, -0.25) is 4.90 Å². The molecule has 1 saturated heterocycles. The van der Waals surface area contributed by atoms with Crippen LogP contribution in [0.1, 0.15) is 17.7 Å². The second-order valence-corrected chi connectivity index (χ2v) is 5.79. The Morgan fingerprint density at radius 1 is 1.33 bits per heavy atom. The van der Waals surface area contributed by atoms with E-state index in [4.69, 9.17) is 11.6 Å². The third-order valence-corrected chi connectivity index (χ3v) is 3.85. The standard InChI is InChI=1S/C15H18ClN5/c1-11-6-15(19-10-18-11)20-13-4-5-21(9-13)8-12-2-3-14(16)17-7-12/h2-3,6-7,10,13H,4-5,8-9H2,1H3,(H,18,19,20). The Kier molecular flexibility index (Phi) is 4.31. The molecule has 6 heteroatoms. The first-order chi connectivity index (χ1) is 10.2. The first-order valence-electron chi connectivity index (χ1n) is 7.07. The van der Waals surface area contributed by atoms with Crippen molar-refractivity contribution in [2.24, 2.45) is 0 Å². The highest BCUT2D eigenvalue weighted by Crippen LogP contribution is 2.17. The summed E-state index contributed by atoms with van der Waals surface area (Å²) in [5.41, 5.74) is 2.17. The lowest BCUT2D eigenvalue weighted by Crippen LogP contribution is -2.26. The van der Waals surface area contributed by atoms with E-state index in [0.29, 0.717) is 11.2 Å². The lowest BCUT2D eigenvalue weighted by Gasteiger charge is -2.17. The van der Waals surface area contributed by atoms with E-state index in [-0.39, 0.29) is 0 Å².